The largest absolute Gasteiger partial charge is 0.480 e. The summed E-state index contributed by atoms with van der Waals surface area (Å²) in [5, 5.41) is 13.4. The van der Waals surface area contributed by atoms with Crippen LogP contribution in [0.25, 0.3) is 0 Å². The number of hydrazone groups is 1. The lowest BCUT2D eigenvalue weighted by molar-refractivity contribution is -0.138. The van der Waals surface area contributed by atoms with Crippen LogP contribution in [0.1, 0.15) is 27.7 Å². The van der Waals surface area contributed by atoms with Gasteiger partial charge in [0.25, 0.3) is 5.95 Å². The van der Waals surface area contributed by atoms with E-state index < -0.39 is 41.0 Å². The van der Waals surface area contributed by atoms with Crippen LogP contribution in [0, 0.1) is 0 Å². The second-order valence-electron chi connectivity index (χ2n) is 4.48. The molecule has 0 bridgehead atoms. The molecule has 0 aliphatic heterocycles. The summed E-state index contributed by atoms with van der Waals surface area (Å²) in [6.45, 7) is 6.44. The number of nitrogens with two attached hydrogens (primary N) is 1. The van der Waals surface area contributed by atoms with Crippen molar-refractivity contribution in [2.75, 3.05) is 26.4 Å². The number of nitrogens with one attached hydrogen (secondary N) is 1. The fourth-order valence-electron chi connectivity index (χ4n) is 1.55. The monoisotopic (exact) mass is 387 g/mol. The average molecular weight is 387 g/mol. The first-order chi connectivity index (χ1) is 12.8. The van der Waals surface area contributed by atoms with Gasteiger partial charge >= 0.3 is 18.0 Å². The lowest BCUT2D eigenvalue weighted by Crippen LogP contribution is -2.29. The Kier molecular flexibility index (Phi) is 11.5. The highest BCUT2D eigenvalue weighted by molar-refractivity contribution is 6.19. The number of carbonyl (C=O) groups excluding carboxylic acids is 3. The summed E-state index contributed by atoms with van der Waals surface area (Å²) in [7, 11) is 0. The average Bonchev–Trinajstić information content (AvgIpc) is 2.61. The van der Waals surface area contributed by atoms with Crippen LogP contribution in [0.2, 0.25) is 0 Å². The Morgan fingerprint density at radius 1 is 0.926 bits per heavy atom. The van der Waals surface area contributed by atoms with Crippen LogP contribution in [0.5, 0.6) is 0 Å². The Morgan fingerprint density at radius 3 is 1.96 bits per heavy atom. The third-order valence-electron chi connectivity index (χ3n) is 2.61. The maximum Gasteiger partial charge on any atom is 0.427 e. The third kappa shape index (κ3) is 8.61. The van der Waals surface area contributed by atoms with Crippen LogP contribution in [-0.2, 0) is 28.5 Å². The lowest BCUT2D eigenvalue weighted by atomic mass is 10.1. The number of aliphatic hydroxyl groups is 1. The van der Waals surface area contributed by atoms with Crippen molar-refractivity contribution in [1.82, 2.24) is 5.43 Å². The summed E-state index contributed by atoms with van der Waals surface area (Å²) in [4.78, 5) is 35.5. The van der Waals surface area contributed by atoms with Crippen molar-refractivity contribution in [1.29, 1.82) is 0 Å². The molecule has 0 saturated carbocycles. The predicted molar refractivity (Wildman–Crippen MR) is 94.4 cm³/mol. The van der Waals surface area contributed by atoms with Gasteiger partial charge in [-0.3, -0.25) is 0 Å². The molecule has 1 amide bonds. The van der Waals surface area contributed by atoms with Gasteiger partial charge in [0.05, 0.1) is 26.4 Å². The second-order valence-corrected chi connectivity index (χ2v) is 4.48. The molecule has 0 rings (SSSR count). The van der Waals surface area contributed by atoms with E-state index in [2.05, 4.69) is 9.84 Å². The van der Waals surface area contributed by atoms with Gasteiger partial charge < -0.3 is 29.8 Å². The van der Waals surface area contributed by atoms with Gasteiger partial charge in [0.15, 0.2) is 5.84 Å². The minimum absolute atomic E-state index is 0.00462. The summed E-state index contributed by atoms with van der Waals surface area (Å²) in [6, 6.07) is 0. The maximum atomic E-state index is 12.2. The van der Waals surface area contributed by atoms with Gasteiger partial charge in [0.1, 0.15) is 11.1 Å². The fourth-order valence-corrected chi connectivity index (χ4v) is 1.55. The van der Waals surface area contributed by atoms with E-state index in [0.29, 0.717) is 0 Å². The zero-order valence-electron chi connectivity index (χ0n) is 15.7. The van der Waals surface area contributed by atoms with E-state index in [4.69, 9.17) is 19.9 Å². The number of esters is 2. The number of amides is 1. The molecule has 152 valence electrons. The molecule has 11 nitrogen and oxygen atoms in total. The molecular weight excluding hydrogens is 362 g/mol. The molecule has 0 aliphatic rings. The molecule has 27 heavy (non-hydrogen) atoms. The summed E-state index contributed by atoms with van der Waals surface area (Å²) in [5.41, 5.74) is 6.78. The molecule has 0 unspecified atom stereocenters. The van der Waals surface area contributed by atoms with Gasteiger partial charge in [0.2, 0.25) is 0 Å². The molecule has 0 heterocycles. The minimum atomic E-state index is -0.962. The van der Waals surface area contributed by atoms with Crippen molar-refractivity contribution < 1.29 is 38.4 Å². The van der Waals surface area contributed by atoms with Crippen molar-refractivity contribution in [2.24, 2.45) is 10.8 Å². The first-order valence-corrected chi connectivity index (χ1v) is 8.20. The van der Waals surface area contributed by atoms with E-state index in [-0.39, 0.29) is 26.4 Å². The highest BCUT2D eigenvalue weighted by Crippen LogP contribution is 2.13. The normalized spacial score (nSPS) is 12.6. The molecule has 0 fully saturated rings. The van der Waals surface area contributed by atoms with Crippen molar-refractivity contribution in [2.45, 2.75) is 27.7 Å². The van der Waals surface area contributed by atoms with E-state index >= 15 is 0 Å². The summed E-state index contributed by atoms with van der Waals surface area (Å²) in [5.74, 6) is -3.18. The van der Waals surface area contributed by atoms with E-state index in [1.807, 2.05) is 5.43 Å². The first-order valence-electron chi connectivity index (χ1n) is 8.20. The standard InChI is InChI=1S/C16H25N3O8/c1-5-24-13(20)10(12(17)18-19-16(23)27-8-4)9-11(14(21)25-6-2)15(22)26-7-3/h9,21H,5-8H2,1-4H3,(H2,17,18)(H,19,23)/b10-9+,14-11+. The molecule has 0 saturated heterocycles. The molecule has 0 aromatic heterocycles. The molecular formula is C16H25N3O8. The van der Waals surface area contributed by atoms with Crippen LogP contribution in [0.4, 0.5) is 4.79 Å². The number of hydrogen-bond donors (Lipinski definition) is 3. The molecule has 0 aromatic rings. The molecule has 0 spiro atoms. The summed E-state index contributed by atoms with van der Waals surface area (Å²) in [6.07, 6.45) is -0.00546. The molecule has 0 atom stereocenters. The number of carbonyl (C=O) groups is 3. The highest BCUT2D eigenvalue weighted by atomic mass is 16.6. The van der Waals surface area contributed by atoms with E-state index in [1.54, 1.807) is 27.7 Å². The van der Waals surface area contributed by atoms with Crippen molar-refractivity contribution in [3.63, 3.8) is 0 Å². The van der Waals surface area contributed by atoms with Crippen molar-refractivity contribution in [3.05, 3.63) is 23.2 Å². The van der Waals surface area contributed by atoms with Gasteiger partial charge in [-0.2, -0.15) is 5.10 Å². The van der Waals surface area contributed by atoms with E-state index in [0.717, 1.165) is 6.08 Å². The van der Waals surface area contributed by atoms with Gasteiger partial charge in [-0.1, -0.05) is 0 Å². The summed E-state index contributed by atoms with van der Waals surface area (Å²) < 4.78 is 19.2. The quantitative estimate of drug-likeness (QED) is 0.0722. The van der Waals surface area contributed by atoms with Crippen LogP contribution < -0.4 is 11.2 Å². The first kappa shape index (κ1) is 23.8. The van der Waals surface area contributed by atoms with Gasteiger partial charge in [-0.15, -0.1) is 0 Å². The van der Waals surface area contributed by atoms with E-state index in [9.17, 15) is 19.5 Å². The van der Waals surface area contributed by atoms with Crippen LogP contribution >= 0.6 is 0 Å². The zero-order valence-corrected chi connectivity index (χ0v) is 15.7. The number of aliphatic hydroxyl groups excluding tert-OH is 1. The lowest BCUT2D eigenvalue weighted by Gasteiger charge is -2.10. The zero-order chi connectivity index (χ0) is 20.8. The molecule has 0 radical (unpaired) electrons. The number of rotatable bonds is 10. The van der Waals surface area contributed by atoms with Crippen molar-refractivity contribution in [3.8, 4) is 0 Å². The number of nitrogens with zero attached hydrogens (tertiary/aromatic N) is 1. The molecule has 4 N–H and O–H groups in total. The van der Waals surface area contributed by atoms with Gasteiger partial charge in [-0.25, -0.2) is 19.8 Å². The Morgan fingerprint density at radius 2 is 1.44 bits per heavy atom. The second kappa shape index (κ2) is 13.0. The van der Waals surface area contributed by atoms with Gasteiger partial charge in [-0.05, 0) is 33.8 Å². The topological polar surface area (TPSA) is 159 Å². The molecule has 0 aromatic carbocycles. The Hall–Kier alpha value is -3.24. The molecule has 11 heteroatoms. The van der Waals surface area contributed by atoms with Gasteiger partial charge in [0, 0.05) is 0 Å². The third-order valence-corrected chi connectivity index (χ3v) is 2.61. The van der Waals surface area contributed by atoms with Crippen molar-refractivity contribution >= 4 is 23.9 Å². The minimum Gasteiger partial charge on any atom is -0.480 e. The predicted octanol–water partition coefficient (Wildman–Crippen LogP) is 0.863. The Bertz CT molecular complexity index is 625. The van der Waals surface area contributed by atoms with Crippen LogP contribution in [-0.4, -0.2) is 55.4 Å². The smallest absolute Gasteiger partial charge is 0.427 e. The maximum absolute atomic E-state index is 12.2. The number of amidine groups is 1. The highest BCUT2D eigenvalue weighted by Gasteiger charge is 2.23. The van der Waals surface area contributed by atoms with E-state index in [1.165, 1.54) is 0 Å². The fraction of sp³-hybridized carbons (Fsp3) is 0.500. The summed E-state index contributed by atoms with van der Waals surface area (Å²) >= 11 is 0. The number of ether oxygens (including phenoxy) is 4. The SMILES string of the molecule is CCOC(=O)N/N=C(N)/C(=C\C(C(=O)OCC)=C(\O)OCC)C(=O)OCC. The van der Waals surface area contributed by atoms with Crippen LogP contribution in [0.3, 0.4) is 0 Å². The Balaban J connectivity index is 6.02. The molecule has 0 aliphatic carbocycles. The number of hydrogen-bond acceptors (Lipinski definition) is 9. The van der Waals surface area contributed by atoms with Crippen LogP contribution in [0.15, 0.2) is 28.3 Å². The Labute approximate surface area is 156 Å².